The third-order valence-corrected chi connectivity index (χ3v) is 6.27. The molecule has 0 fully saturated rings. The fourth-order valence-corrected chi connectivity index (χ4v) is 4.35. The Bertz CT molecular complexity index is 1160. The first-order valence-corrected chi connectivity index (χ1v) is 13.5. The lowest BCUT2D eigenvalue weighted by molar-refractivity contribution is 0.102. The predicted molar refractivity (Wildman–Crippen MR) is 150 cm³/mol. The van der Waals surface area contributed by atoms with Gasteiger partial charge in [0, 0.05) is 55.9 Å². The van der Waals surface area contributed by atoms with Crippen molar-refractivity contribution in [2.45, 2.75) is 26.3 Å². The third-order valence-electron chi connectivity index (χ3n) is 5.53. The van der Waals surface area contributed by atoms with E-state index in [4.69, 9.17) is 4.74 Å². The van der Waals surface area contributed by atoms with E-state index in [2.05, 4.69) is 33.2 Å². The number of nitrogens with zero attached hydrogens (tertiary/aromatic N) is 2. The summed E-state index contributed by atoms with van der Waals surface area (Å²) >= 11 is 1.48. The van der Waals surface area contributed by atoms with Crippen molar-refractivity contribution in [3.8, 4) is 0 Å². The Hall–Kier alpha value is -3.54. The fraction of sp³-hybridized carbons (Fsp3) is 0.370. The van der Waals surface area contributed by atoms with Gasteiger partial charge in [0.05, 0.1) is 18.0 Å². The van der Waals surface area contributed by atoms with Gasteiger partial charge in [0.15, 0.2) is 0 Å². The highest BCUT2D eigenvalue weighted by molar-refractivity contribution is 7.09. The second-order valence-corrected chi connectivity index (χ2v) is 9.28. The average Bonchev–Trinajstić information content (AvgIpc) is 3.36. The van der Waals surface area contributed by atoms with Crippen molar-refractivity contribution in [2.75, 3.05) is 55.8 Å². The number of ether oxygens (including phenoxy) is 1. The molecular weight excluding hydrogens is 507 g/mol. The molecule has 0 saturated carbocycles. The van der Waals surface area contributed by atoms with Crippen molar-refractivity contribution in [2.24, 2.45) is 0 Å². The van der Waals surface area contributed by atoms with Crippen molar-refractivity contribution < 1.29 is 18.7 Å². The maximum Gasteiger partial charge on any atom is 0.322 e. The average molecular weight is 543 g/mol. The van der Waals surface area contributed by atoms with Crippen LogP contribution >= 0.6 is 11.3 Å². The summed E-state index contributed by atoms with van der Waals surface area (Å²) in [6, 6.07) is 8.85. The molecule has 0 aliphatic heterocycles. The molecule has 0 bridgehead atoms. The molecule has 4 N–H and O–H groups in total. The lowest BCUT2D eigenvalue weighted by Gasteiger charge is -2.23. The number of urea groups is 1. The van der Waals surface area contributed by atoms with Gasteiger partial charge in [-0.1, -0.05) is 19.1 Å². The van der Waals surface area contributed by atoms with E-state index in [9.17, 15) is 14.0 Å². The molecule has 9 nitrogen and oxygen atoms in total. The van der Waals surface area contributed by atoms with Gasteiger partial charge in [-0.3, -0.25) is 9.78 Å². The predicted octanol–water partition coefficient (Wildman–Crippen LogP) is 5.02. The van der Waals surface area contributed by atoms with Gasteiger partial charge >= 0.3 is 6.03 Å². The molecule has 0 aliphatic rings. The summed E-state index contributed by atoms with van der Waals surface area (Å²) < 4.78 is 19.1. The highest BCUT2D eigenvalue weighted by atomic mass is 32.1. The van der Waals surface area contributed by atoms with E-state index in [0.29, 0.717) is 37.5 Å². The number of pyridine rings is 1. The first-order valence-electron chi connectivity index (χ1n) is 12.6. The van der Waals surface area contributed by atoms with Crippen LogP contribution < -0.4 is 21.3 Å². The van der Waals surface area contributed by atoms with Gasteiger partial charge in [0.1, 0.15) is 11.5 Å². The Balaban J connectivity index is 1.59. The Morgan fingerprint density at radius 2 is 1.92 bits per heavy atom. The van der Waals surface area contributed by atoms with Crippen LogP contribution in [0.1, 0.15) is 35.8 Å². The van der Waals surface area contributed by atoms with Crippen LogP contribution in [0, 0.1) is 5.82 Å². The minimum absolute atomic E-state index is 0.271. The van der Waals surface area contributed by atoms with E-state index in [0.717, 1.165) is 30.8 Å². The topological polar surface area (TPSA) is 108 Å². The number of nitrogens with one attached hydrogen (secondary N) is 4. The van der Waals surface area contributed by atoms with Gasteiger partial charge in [-0.05, 0) is 49.2 Å². The zero-order chi connectivity index (χ0) is 27.2. The van der Waals surface area contributed by atoms with E-state index in [1.54, 1.807) is 42.4 Å². The maximum absolute atomic E-state index is 13.6. The van der Waals surface area contributed by atoms with Gasteiger partial charge < -0.3 is 30.9 Å². The Kier molecular flexibility index (Phi) is 12.0. The van der Waals surface area contributed by atoms with Gasteiger partial charge in [-0.15, -0.1) is 11.3 Å². The van der Waals surface area contributed by atoms with Crippen LogP contribution in [-0.4, -0.2) is 61.7 Å². The first-order chi connectivity index (χ1) is 18.5. The van der Waals surface area contributed by atoms with Crippen molar-refractivity contribution in [3.05, 3.63) is 70.4 Å². The van der Waals surface area contributed by atoms with E-state index < -0.39 is 5.82 Å². The van der Waals surface area contributed by atoms with E-state index >= 15 is 0 Å². The summed E-state index contributed by atoms with van der Waals surface area (Å²) in [7, 11) is 1.79. The molecule has 0 unspecified atom stereocenters. The number of amides is 3. The second kappa shape index (κ2) is 15.7. The molecule has 3 amide bonds. The highest BCUT2D eigenvalue weighted by Gasteiger charge is 2.16. The zero-order valence-corrected chi connectivity index (χ0v) is 22.6. The number of benzene rings is 1. The number of aromatic nitrogens is 1. The molecule has 0 atom stereocenters. The first kappa shape index (κ1) is 29.0. The number of thiophene rings is 1. The molecule has 204 valence electrons. The fourth-order valence-electron chi connectivity index (χ4n) is 3.58. The molecule has 3 rings (SSSR count). The second-order valence-electron chi connectivity index (χ2n) is 8.53. The molecule has 0 radical (unpaired) electrons. The molecular formula is C27H35FN6O3S. The quantitative estimate of drug-likeness (QED) is 0.201. The van der Waals surface area contributed by atoms with Crippen LogP contribution in [0.4, 0.5) is 26.2 Å². The van der Waals surface area contributed by atoms with Gasteiger partial charge in [-0.2, -0.15) is 0 Å². The molecule has 0 spiro atoms. The summed E-state index contributed by atoms with van der Waals surface area (Å²) in [5, 5.41) is 15.7. The monoisotopic (exact) mass is 542 g/mol. The number of rotatable bonds is 15. The van der Waals surface area contributed by atoms with Gasteiger partial charge in [-0.25, -0.2) is 9.18 Å². The lowest BCUT2D eigenvalue weighted by atomic mass is 10.2. The van der Waals surface area contributed by atoms with Crippen molar-refractivity contribution >= 4 is 40.3 Å². The summed E-state index contributed by atoms with van der Waals surface area (Å²) in [6.07, 6.45) is 3.29. The number of anilines is 3. The number of hydrogen-bond acceptors (Lipinski definition) is 7. The Morgan fingerprint density at radius 1 is 1.08 bits per heavy atom. The number of carbonyl (C=O) groups is 2. The van der Waals surface area contributed by atoms with Crippen molar-refractivity contribution in [1.29, 1.82) is 0 Å². The van der Waals surface area contributed by atoms with E-state index in [1.165, 1.54) is 23.5 Å². The minimum atomic E-state index is -0.425. The summed E-state index contributed by atoms with van der Waals surface area (Å²) in [5.74, 6) is -0.743. The molecule has 2 aromatic heterocycles. The van der Waals surface area contributed by atoms with Gasteiger partial charge in [0.2, 0.25) is 0 Å². The Morgan fingerprint density at radius 3 is 2.66 bits per heavy atom. The van der Waals surface area contributed by atoms with Crippen molar-refractivity contribution in [1.82, 2.24) is 15.2 Å². The standard InChI is InChI=1S/C27H35FN6O3S/c1-3-13-37-14-11-30-10-5-12-34(27(36)32-22-7-4-6-21(28)15-22)17-20-8-9-23(31-16-20)26(35)33-25-19-38-18-24(25)29-2/h4,6-9,15-16,18-19,29-30H,3,5,10-14,17H2,1-2H3,(H,32,36)(H,33,35). The minimum Gasteiger partial charge on any atom is -0.386 e. The molecule has 0 aliphatic carbocycles. The molecule has 0 saturated heterocycles. The summed E-state index contributed by atoms with van der Waals surface area (Å²) in [4.78, 5) is 31.6. The van der Waals surface area contributed by atoms with Crippen LogP contribution in [0.15, 0.2) is 53.4 Å². The molecule has 1 aromatic carbocycles. The van der Waals surface area contributed by atoms with Crippen molar-refractivity contribution in [3.63, 3.8) is 0 Å². The van der Waals surface area contributed by atoms with Crippen LogP contribution in [0.5, 0.6) is 0 Å². The number of carbonyl (C=O) groups excluding carboxylic acids is 2. The largest absolute Gasteiger partial charge is 0.386 e. The smallest absolute Gasteiger partial charge is 0.322 e. The summed E-state index contributed by atoms with van der Waals surface area (Å²) in [5.41, 5.74) is 2.95. The molecule has 38 heavy (non-hydrogen) atoms. The number of halogens is 1. The van der Waals surface area contributed by atoms with Crippen LogP contribution in [0.3, 0.4) is 0 Å². The zero-order valence-electron chi connectivity index (χ0n) is 21.8. The molecule has 2 heterocycles. The van der Waals surface area contributed by atoms with Crippen LogP contribution in [0.2, 0.25) is 0 Å². The van der Waals surface area contributed by atoms with Crippen LogP contribution in [0.25, 0.3) is 0 Å². The third kappa shape index (κ3) is 9.40. The maximum atomic E-state index is 13.6. The number of hydrogen-bond donors (Lipinski definition) is 4. The van der Waals surface area contributed by atoms with Gasteiger partial charge in [0.25, 0.3) is 5.91 Å². The van der Waals surface area contributed by atoms with E-state index in [1.807, 2.05) is 10.8 Å². The molecule has 3 aromatic rings. The summed E-state index contributed by atoms with van der Waals surface area (Å²) in [6.45, 7) is 5.67. The van der Waals surface area contributed by atoms with Crippen LogP contribution in [-0.2, 0) is 11.3 Å². The lowest BCUT2D eigenvalue weighted by Crippen LogP contribution is -2.36. The molecule has 11 heteroatoms. The Labute approximate surface area is 226 Å². The normalized spacial score (nSPS) is 10.7. The SMILES string of the molecule is CCCOCCNCCCN(Cc1ccc(C(=O)Nc2cscc2NC)nc1)C(=O)Nc1cccc(F)c1. The highest BCUT2D eigenvalue weighted by Crippen LogP contribution is 2.26. The van der Waals surface area contributed by atoms with E-state index in [-0.39, 0.29) is 24.2 Å².